The zero-order chi connectivity index (χ0) is 14.9. The Morgan fingerprint density at radius 3 is 2.70 bits per heavy atom. The Hall–Kier alpha value is -2.06. The van der Waals surface area contributed by atoms with Crippen molar-refractivity contribution in [2.75, 3.05) is 6.54 Å². The van der Waals surface area contributed by atoms with Gasteiger partial charge in [-0.15, -0.1) is 5.16 Å². The summed E-state index contributed by atoms with van der Waals surface area (Å²) in [7, 11) is -3.99. The lowest BCUT2D eigenvalue weighted by molar-refractivity contribution is -0.119. The summed E-state index contributed by atoms with van der Waals surface area (Å²) in [6.45, 7) is 0.790. The number of carbonyl (C=O) groups is 2. The van der Waals surface area contributed by atoms with Gasteiger partial charge < -0.3 is 5.21 Å². The van der Waals surface area contributed by atoms with Crippen LogP contribution < -0.4 is 0 Å². The number of hydrogen-bond donors (Lipinski definition) is 1. The zero-order valence-corrected chi connectivity index (χ0v) is 11.4. The molecule has 0 aliphatic carbocycles. The normalized spacial score (nSPS) is 21.9. The number of benzene rings is 1. The van der Waals surface area contributed by atoms with Gasteiger partial charge in [-0.1, -0.05) is 12.1 Å². The third kappa shape index (κ3) is 2.12. The van der Waals surface area contributed by atoms with E-state index in [1.54, 1.807) is 0 Å². The standard InChI is InChI=1S/C12H12N2O5S/c1-8(15)11-12(16)9-4-2-3-5-10(9)20(18,19)14(11)7-6-13-17/h2-6,11,17H,7H2,1H3/b13-6-/t11-/m1/s1. The highest BCUT2D eigenvalue weighted by atomic mass is 32.2. The molecule has 0 saturated carbocycles. The number of carbonyl (C=O) groups excluding carboxylic acids is 2. The number of hydrogen-bond acceptors (Lipinski definition) is 6. The first-order chi connectivity index (χ1) is 9.41. The second-order valence-corrected chi connectivity index (χ2v) is 6.11. The van der Waals surface area contributed by atoms with E-state index < -0.39 is 27.6 Å². The summed E-state index contributed by atoms with van der Waals surface area (Å²) in [6, 6.07) is 4.29. The predicted octanol–water partition coefficient (Wildman–Crippen LogP) is 0.291. The van der Waals surface area contributed by atoms with E-state index in [1.807, 2.05) is 0 Å². The van der Waals surface area contributed by atoms with Crippen molar-refractivity contribution >= 4 is 27.8 Å². The molecule has 0 saturated heterocycles. The molecule has 2 rings (SSSR count). The van der Waals surface area contributed by atoms with Crippen molar-refractivity contribution in [3.63, 3.8) is 0 Å². The summed E-state index contributed by atoms with van der Waals surface area (Å²) in [4.78, 5) is 23.8. The van der Waals surface area contributed by atoms with Crippen molar-refractivity contribution in [1.82, 2.24) is 4.31 Å². The predicted molar refractivity (Wildman–Crippen MR) is 69.4 cm³/mol. The van der Waals surface area contributed by atoms with Crippen LogP contribution in [0.25, 0.3) is 0 Å². The van der Waals surface area contributed by atoms with E-state index in [0.29, 0.717) is 0 Å². The van der Waals surface area contributed by atoms with Crippen LogP contribution in [0.1, 0.15) is 17.3 Å². The molecule has 1 aliphatic heterocycles. The lowest BCUT2D eigenvalue weighted by atomic mass is 10.0. The second kappa shape index (κ2) is 5.14. The molecular weight excluding hydrogens is 284 g/mol. The fraction of sp³-hybridized carbons (Fsp3) is 0.250. The van der Waals surface area contributed by atoms with Gasteiger partial charge in [0, 0.05) is 5.56 Å². The van der Waals surface area contributed by atoms with Crippen molar-refractivity contribution in [3.05, 3.63) is 29.8 Å². The number of ketones is 2. The minimum atomic E-state index is -3.99. The maximum atomic E-state index is 12.4. The first-order valence-corrected chi connectivity index (χ1v) is 7.16. The molecule has 1 aromatic rings. The fourth-order valence-electron chi connectivity index (χ4n) is 2.15. The molecule has 0 fully saturated rings. The molecule has 0 amide bonds. The molecule has 1 aromatic carbocycles. The summed E-state index contributed by atoms with van der Waals surface area (Å²) in [5, 5.41) is 11.1. The van der Waals surface area contributed by atoms with Gasteiger partial charge in [-0.3, -0.25) is 9.59 Å². The Morgan fingerprint density at radius 2 is 2.10 bits per heavy atom. The Morgan fingerprint density at radius 1 is 1.45 bits per heavy atom. The van der Waals surface area contributed by atoms with Gasteiger partial charge in [0.1, 0.15) is 6.04 Å². The summed E-state index contributed by atoms with van der Waals surface area (Å²) >= 11 is 0. The van der Waals surface area contributed by atoms with E-state index in [4.69, 9.17) is 5.21 Å². The van der Waals surface area contributed by atoms with E-state index in [-0.39, 0.29) is 17.0 Å². The molecule has 1 N–H and O–H groups in total. The first-order valence-electron chi connectivity index (χ1n) is 5.72. The van der Waals surface area contributed by atoms with Crippen molar-refractivity contribution in [2.45, 2.75) is 17.9 Å². The quantitative estimate of drug-likeness (QED) is 0.374. The Bertz CT molecular complexity index is 696. The summed E-state index contributed by atoms with van der Waals surface area (Å²) in [5.74, 6) is -1.16. The van der Waals surface area contributed by atoms with Crippen LogP contribution in [0.4, 0.5) is 0 Å². The second-order valence-electron chi connectivity index (χ2n) is 4.25. The van der Waals surface area contributed by atoms with Crippen molar-refractivity contribution < 1.29 is 23.2 Å². The van der Waals surface area contributed by atoms with Crippen molar-refractivity contribution in [3.8, 4) is 0 Å². The Balaban J connectivity index is 2.67. The average molecular weight is 296 g/mol. The molecule has 0 aromatic heterocycles. The van der Waals surface area contributed by atoms with Gasteiger partial charge in [-0.25, -0.2) is 8.42 Å². The van der Waals surface area contributed by atoms with Gasteiger partial charge in [0.2, 0.25) is 10.0 Å². The van der Waals surface area contributed by atoms with E-state index in [9.17, 15) is 18.0 Å². The smallest absolute Gasteiger partial charge is 0.245 e. The van der Waals surface area contributed by atoms with E-state index in [0.717, 1.165) is 17.4 Å². The first kappa shape index (κ1) is 14.4. The Labute approximate surface area is 115 Å². The van der Waals surface area contributed by atoms with E-state index >= 15 is 0 Å². The molecule has 0 unspecified atom stereocenters. The van der Waals surface area contributed by atoms with Crippen LogP contribution in [0.2, 0.25) is 0 Å². The largest absolute Gasteiger partial charge is 0.411 e. The number of rotatable bonds is 3. The number of fused-ring (bicyclic) bond motifs is 1. The van der Waals surface area contributed by atoms with Gasteiger partial charge in [0.15, 0.2) is 11.6 Å². The monoisotopic (exact) mass is 296 g/mol. The highest BCUT2D eigenvalue weighted by Crippen LogP contribution is 2.29. The highest BCUT2D eigenvalue weighted by Gasteiger charge is 2.45. The molecule has 1 aliphatic rings. The third-order valence-electron chi connectivity index (χ3n) is 3.00. The van der Waals surface area contributed by atoms with Crippen LogP contribution in [0.5, 0.6) is 0 Å². The maximum Gasteiger partial charge on any atom is 0.245 e. The summed E-state index contributed by atoms with van der Waals surface area (Å²) in [5.41, 5.74) is 0.00453. The van der Waals surface area contributed by atoms with Crippen LogP contribution in [-0.4, -0.2) is 48.3 Å². The number of oxime groups is 1. The van der Waals surface area contributed by atoms with Crippen molar-refractivity contribution in [1.29, 1.82) is 0 Å². The fourth-order valence-corrected chi connectivity index (χ4v) is 3.88. The molecule has 106 valence electrons. The number of Topliss-reactive ketones (excluding diaryl/α,β-unsaturated/α-hetero) is 2. The lowest BCUT2D eigenvalue weighted by Gasteiger charge is -2.32. The van der Waals surface area contributed by atoms with Crippen molar-refractivity contribution in [2.24, 2.45) is 5.16 Å². The molecule has 7 nitrogen and oxygen atoms in total. The van der Waals surface area contributed by atoms with Crippen LogP contribution in [0.15, 0.2) is 34.3 Å². The Kier molecular flexibility index (Phi) is 3.69. The topological polar surface area (TPSA) is 104 Å². The minimum absolute atomic E-state index is 0.00453. The highest BCUT2D eigenvalue weighted by molar-refractivity contribution is 7.89. The van der Waals surface area contributed by atoms with E-state index in [2.05, 4.69) is 5.16 Å². The summed E-state index contributed by atoms with van der Waals surface area (Å²) < 4.78 is 25.6. The summed E-state index contributed by atoms with van der Waals surface area (Å²) in [6.07, 6.45) is 0.911. The van der Waals surface area contributed by atoms with Gasteiger partial charge >= 0.3 is 0 Å². The molecular formula is C12H12N2O5S. The molecule has 1 atom stereocenters. The van der Waals surface area contributed by atoms with Gasteiger partial charge in [-0.2, -0.15) is 4.31 Å². The van der Waals surface area contributed by atoms with Crippen LogP contribution >= 0.6 is 0 Å². The van der Waals surface area contributed by atoms with E-state index in [1.165, 1.54) is 24.3 Å². The van der Waals surface area contributed by atoms with Crippen LogP contribution in [0, 0.1) is 0 Å². The van der Waals surface area contributed by atoms with Gasteiger partial charge in [0.05, 0.1) is 17.7 Å². The molecule has 0 bridgehead atoms. The molecule has 0 radical (unpaired) electrons. The number of nitrogens with zero attached hydrogens (tertiary/aromatic N) is 2. The van der Waals surface area contributed by atoms with Crippen LogP contribution in [0.3, 0.4) is 0 Å². The molecule has 1 heterocycles. The minimum Gasteiger partial charge on any atom is -0.411 e. The SMILES string of the molecule is CC(=O)[C@@H]1C(=O)c2ccccc2S(=O)(=O)N1C/C=N\O. The zero-order valence-electron chi connectivity index (χ0n) is 10.6. The maximum absolute atomic E-state index is 12.4. The van der Waals surface area contributed by atoms with Crippen LogP contribution in [-0.2, 0) is 14.8 Å². The van der Waals surface area contributed by atoms with Gasteiger partial charge in [0.25, 0.3) is 0 Å². The molecule has 8 heteroatoms. The molecule has 0 spiro atoms. The average Bonchev–Trinajstić information content (AvgIpc) is 2.41. The molecule has 20 heavy (non-hydrogen) atoms. The number of sulfonamides is 1. The lowest BCUT2D eigenvalue weighted by Crippen LogP contribution is -2.53. The third-order valence-corrected chi connectivity index (χ3v) is 4.89. The van der Waals surface area contributed by atoms with Gasteiger partial charge in [-0.05, 0) is 19.1 Å².